The smallest absolute Gasteiger partial charge is 0.244 e. The summed E-state index contributed by atoms with van der Waals surface area (Å²) < 4.78 is 0. The van der Waals surface area contributed by atoms with E-state index in [-0.39, 0.29) is 11.9 Å². The van der Waals surface area contributed by atoms with E-state index in [4.69, 9.17) is 17.3 Å². The monoisotopic (exact) mass is 239 g/mol. The Balaban J connectivity index is 2.46. The van der Waals surface area contributed by atoms with E-state index in [1.165, 1.54) is 0 Å². The first-order valence-electron chi connectivity index (χ1n) is 5.18. The Labute approximate surface area is 99.4 Å². The normalized spacial score (nSPS) is 16.7. The standard InChI is InChI=1S/C11H14ClN3O/c1-7(5-13)15-6-10(16)14-11-8(12)3-2-4-9(11)15/h2-4,7H,5-6,13H2,1H3,(H,14,16). The lowest BCUT2D eigenvalue weighted by Gasteiger charge is -2.35. The molecule has 0 aliphatic carbocycles. The molecule has 0 bridgehead atoms. The summed E-state index contributed by atoms with van der Waals surface area (Å²) in [7, 11) is 0. The zero-order valence-corrected chi connectivity index (χ0v) is 9.79. The lowest BCUT2D eigenvalue weighted by molar-refractivity contribution is -0.115. The lowest BCUT2D eigenvalue weighted by Crippen LogP contribution is -2.46. The molecule has 4 nitrogen and oxygen atoms in total. The Hall–Kier alpha value is -1.26. The van der Waals surface area contributed by atoms with Crippen molar-refractivity contribution in [2.24, 2.45) is 5.73 Å². The largest absolute Gasteiger partial charge is 0.357 e. The highest BCUT2D eigenvalue weighted by Gasteiger charge is 2.26. The van der Waals surface area contributed by atoms with E-state index in [9.17, 15) is 4.79 Å². The number of halogens is 1. The summed E-state index contributed by atoms with van der Waals surface area (Å²) in [6, 6.07) is 5.68. The fraction of sp³-hybridized carbons (Fsp3) is 0.364. The van der Waals surface area contributed by atoms with E-state index in [0.717, 1.165) is 5.69 Å². The van der Waals surface area contributed by atoms with Crippen LogP contribution in [0.1, 0.15) is 6.92 Å². The van der Waals surface area contributed by atoms with Gasteiger partial charge in [-0.05, 0) is 19.1 Å². The summed E-state index contributed by atoms with van der Waals surface area (Å²) in [6.45, 7) is 2.81. The maximum atomic E-state index is 11.6. The Bertz CT molecular complexity index is 422. The van der Waals surface area contributed by atoms with Crippen LogP contribution >= 0.6 is 11.6 Å². The summed E-state index contributed by atoms with van der Waals surface area (Å²) >= 11 is 6.05. The van der Waals surface area contributed by atoms with E-state index < -0.39 is 0 Å². The molecule has 16 heavy (non-hydrogen) atoms. The van der Waals surface area contributed by atoms with E-state index in [0.29, 0.717) is 23.8 Å². The van der Waals surface area contributed by atoms with Gasteiger partial charge in [-0.15, -0.1) is 0 Å². The van der Waals surface area contributed by atoms with Crippen LogP contribution in [0.15, 0.2) is 18.2 Å². The van der Waals surface area contributed by atoms with Crippen molar-refractivity contribution in [2.45, 2.75) is 13.0 Å². The van der Waals surface area contributed by atoms with Crippen LogP contribution in [0.5, 0.6) is 0 Å². The molecule has 2 rings (SSSR count). The second-order valence-electron chi connectivity index (χ2n) is 3.89. The summed E-state index contributed by atoms with van der Waals surface area (Å²) in [5.41, 5.74) is 7.25. The van der Waals surface area contributed by atoms with Gasteiger partial charge >= 0.3 is 0 Å². The highest BCUT2D eigenvalue weighted by Crippen LogP contribution is 2.36. The molecule has 1 aromatic carbocycles. The van der Waals surface area contributed by atoms with Crippen molar-refractivity contribution in [3.8, 4) is 0 Å². The molecular formula is C11H14ClN3O. The SMILES string of the molecule is CC(CN)N1CC(=O)Nc2c(Cl)cccc21. The highest BCUT2D eigenvalue weighted by atomic mass is 35.5. The molecule has 0 saturated heterocycles. The molecule has 86 valence electrons. The van der Waals surface area contributed by atoms with E-state index in [1.807, 2.05) is 24.0 Å². The zero-order valence-electron chi connectivity index (χ0n) is 9.03. The van der Waals surface area contributed by atoms with Gasteiger partial charge in [0.1, 0.15) is 0 Å². The number of rotatable bonds is 2. The number of fused-ring (bicyclic) bond motifs is 1. The van der Waals surface area contributed by atoms with Crippen LogP contribution in [0.2, 0.25) is 5.02 Å². The first-order chi connectivity index (χ1) is 7.63. The summed E-state index contributed by atoms with van der Waals surface area (Å²) in [4.78, 5) is 13.5. The molecule has 1 aliphatic rings. The number of nitrogens with two attached hydrogens (primary N) is 1. The van der Waals surface area contributed by atoms with Gasteiger partial charge < -0.3 is 16.0 Å². The fourth-order valence-electron chi connectivity index (χ4n) is 1.82. The van der Waals surface area contributed by atoms with Crippen molar-refractivity contribution in [2.75, 3.05) is 23.3 Å². The van der Waals surface area contributed by atoms with Gasteiger partial charge in [-0.25, -0.2) is 0 Å². The number of benzene rings is 1. The maximum Gasteiger partial charge on any atom is 0.244 e. The van der Waals surface area contributed by atoms with Crippen molar-refractivity contribution < 1.29 is 4.79 Å². The molecule has 1 amide bonds. The third kappa shape index (κ3) is 1.86. The number of carbonyl (C=O) groups excluding carboxylic acids is 1. The Morgan fingerprint density at radius 1 is 1.62 bits per heavy atom. The Morgan fingerprint density at radius 3 is 3.06 bits per heavy atom. The van der Waals surface area contributed by atoms with Crippen LogP contribution in [-0.2, 0) is 4.79 Å². The van der Waals surface area contributed by atoms with Gasteiger partial charge in [-0.1, -0.05) is 17.7 Å². The van der Waals surface area contributed by atoms with Crippen molar-refractivity contribution in [3.05, 3.63) is 23.2 Å². The molecule has 0 radical (unpaired) electrons. The van der Waals surface area contributed by atoms with E-state index >= 15 is 0 Å². The number of anilines is 2. The van der Waals surface area contributed by atoms with Gasteiger partial charge in [-0.2, -0.15) is 0 Å². The molecule has 5 heteroatoms. The van der Waals surface area contributed by atoms with E-state index in [1.54, 1.807) is 6.07 Å². The van der Waals surface area contributed by atoms with Crippen LogP contribution < -0.4 is 16.0 Å². The fourth-order valence-corrected chi connectivity index (χ4v) is 2.03. The second-order valence-corrected chi connectivity index (χ2v) is 4.30. The molecule has 1 heterocycles. The summed E-state index contributed by atoms with van der Waals surface area (Å²) in [5, 5.41) is 3.34. The highest BCUT2D eigenvalue weighted by molar-refractivity contribution is 6.34. The molecule has 0 fully saturated rings. The quantitative estimate of drug-likeness (QED) is 0.821. The number of nitrogens with zero attached hydrogens (tertiary/aromatic N) is 1. The Kier molecular flexibility index (Phi) is 3.03. The maximum absolute atomic E-state index is 11.6. The minimum atomic E-state index is -0.0547. The number of hydrogen-bond donors (Lipinski definition) is 2. The minimum Gasteiger partial charge on any atom is -0.357 e. The average Bonchev–Trinajstić information content (AvgIpc) is 2.28. The zero-order chi connectivity index (χ0) is 11.7. The number of para-hydroxylation sites is 1. The molecule has 1 atom stereocenters. The minimum absolute atomic E-state index is 0.0547. The number of hydrogen-bond acceptors (Lipinski definition) is 3. The lowest BCUT2D eigenvalue weighted by atomic mass is 10.1. The van der Waals surface area contributed by atoms with Crippen LogP contribution in [0.4, 0.5) is 11.4 Å². The van der Waals surface area contributed by atoms with Crippen molar-refractivity contribution in [1.29, 1.82) is 0 Å². The van der Waals surface area contributed by atoms with Crippen LogP contribution in [0.3, 0.4) is 0 Å². The molecule has 1 aliphatic heterocycles. The van der Waals surface area contributed by atoms with Gasteiger partial charge in [0.2, 0.25) is 5.91 Å². The molecule has 1 aromatic rings. The third-order valence-electron chi connectivity index (χ3n) is 2.75. The van der Waals surface area contributed by atoms with Crippen LogP contribution in [0.25, 0.3) is 0 Å². The van der Waals surface area contributed by atoms with Crippen LogP contribution in [-0.4, -0.2) is 25.0 Å². The third-order valence-corrected chi connectivity index (χ3v) is 3.07. The van der Waals surface area contributed by atoms with Gasteiger partial charge in [0, 0.05) is 12.6 Å². The Morgan fingerprint density at radius 2 is 2.38 bits per heavy atom. The predicted molar refractivity (Wildman–Crippen MR) is 65.9 cm³/mol. The molecular weight excluding hydrogens is 226 g/mol. The first-order valence-corrected chi connectivity index (χ1v) is 5.56. The molecule has 3 N–H and O–H groups in total. The van der Waals surface area contributed by atoms with Crippen molar-refractivity contribution in [1.82, 2.24) is 0 Å². The van der Waals surface area contributed by atoms with E-state index in [2.05, 4.69) is 5.32 Å². The number of nitrogens with one attached hydrogen (secondary N) is 1. The molecule has 0 spiro atoms. The van der Waals surface area contributed by atoms with Crippen molar-refractivity contribution >= 4 is 28.9 Å². The van der Waals surface area contributed by atoms with Gasteiger partial charge in [0.15, 0.2) is 0 Å². The second kappa shape index (κ2) is 4.31. The number of amides is 1. The topological polar surface area (TPSA) is 58.4 Å². The summed E-state index contributed by atoms with van der Waals surface area (Å²) in [6.07, 6.45) is 0. The molecule has 0 saturated carbocycles. The van der Waals surface area contributed by atoms with Gasteiger partial charge in [0.05, 0.1) is 22.9 Å². The molecule has 1 unspecified atom stereocenters. The molecule has 0 aromatic heterocycles. The van der Waals surface area contributed by atoms with Crippen molar-refractivity contribution in [3.63, 3.8) is 0 Å². The van der Waals surface area contributed by atoms with Crippen LogP contribution in [0, 0.1) is 0 Å². The first kappa shape index (κ1) is 11.2. The van der Waals surface area contributed by atoms with Gasteiger partial charge in [0.25, 0.3) is 0 Å². The average molecular weight is 240 g/mol. The van der Waals surface area contributed by atoms with Gasteiger partial charge in [-0.3, -0.25) is 4.79 Å². The number of carbonyl (C=O) groups is 1. The summed E-state index contributed by atoms with van der Waals surface area (Å²) in [5.74, 6) is -0.0547. The predicted octanol–water partition coefficient (Wildman–Crippen LogP) is 1.45.